The van der Waals surface area contributed by atoms with Gasteiger partial charge in [-0.25, -0.2) is 9.59 Å². The van der Waals surface area contributed by atoms with E-state index in [4.69, 9.17) is 9.47 Å². The second-order valence-corrected chi connectivity index (χ2v) is 4.72. The van der Waals surface area contributed by atoms with Gasteiger partial charge in [-0.3, -0.25) is 0 Å². The van der Waals surface area contributed by atoms with Crippen LogP contribution in [0.3, 0.4) is 0 Å². The maximum absolute atomic E-state index is 11.8. The lowest BCUT2D eigenvalue weighted by atomic mass is 10.2. The number of carbonyl (C=O) groups excluding carboxylic acids is 2. The highest BCUT2D eigenvalue weighted by Crippen LogP contribution is 2.14. The number of benzene rings is 1. The highest BCUT2D eigenvalue weighted by Gasteiger charge is 2.17. The van der Waals surface area contributed by atoms with Crippen molar-refractivity contribution in [1.82, 2.24) is 10.2 Å². The van der Waals surface area contributed by atoms with Crippen LogP contribution in [0.4, 0.5) is 4.79 Å². The van der Waals surface area contributed by atoms with Crippen molar-refractivity contribution < 1.29 is 23.8 Å². The van der Waals surface area contributed by atoms with Crippen LogP contribution in [0.5, 0.6) is 5.75 Å². The number of methoxy groups -OCH3 is 1. The number of ether oxygens (including phenoxy) is 3. The van der Waals surface area contributed by atoms with Crippen LogP contribution >= 0.6 is 12.4 Å². The average molecular weight is 345 g/mol. The molecule has 2 rings (SSSR count). The van der Waals surface area contributed by atoms with Crippen LogP contribution in [-0.4, -0.2) is 63.5 Å². The molecule has 1 fully saturated rings. The average Bonchev–Trinajstić information content (AvgIpc) is 2.59. The molecule has 1 aliphatic rings. The van der Waals surface area contributed by atoms with Crippen LogP contribution in [0.1, 0.15) is 10.4 Å². The Morgan fingerprint density at radius 1 is 1.22 bits per heavy atom. The molecule has 1 aromatic rings. The summed E-state index contributed by atoms with van der Waals surface area (Å²) in [5.41, 5.74) is 0.415. The molecule has 0 aliphatic carbocycles. The van der Waals surface area contributed by atoms with Crippen LogP contribution in [-0.2, 0) is 9.47 Å². The molecule has 1 saturated heterocycles. The number of halogens is 1. The lowest BCUT2D eigenvalue weighted by molar-refractivity contribution is 0.0600. The summed E-state index contributed by atoms with van der Waals surface area (Å²) in [5.74, 6) is 0.108. The summed E-state index contributed by atoms with van der Waals surface area (Å²) in [4.78, 5) is 24.8. The molecule has 0 unspecified atom stereocenters. The highest BCUT2D eigenvalue weighted by atomic mass is 35.5. The standard InChI is InChI=1S/C15H20N2O5.ClH/c1-20-14(18)12-3-2-4-13(11-12)21-9-10-22-15(19)17-7-5-16-6-8-17;/h2-4,11,16H,5-10H2,1H3;1H. The summed E-state index contributed by atoms with van der Waals surface area (Å²) in [5, 5.41) is 3.17. The van der Waals surface area contributed by atoms with Gasteiger partial charge in [0.25, 0.3) is 0 Å². The van der Waals surface area contributed by atoms with Gasteiger partial charge in [0.15, 0.2) is 0 Å². The molecule has 0 atom stereocenters. The van der Waals surface area contributed by atoms with Crippen LogP contribution in [0.25, 0.3) is 0 Å². The van der Waals surface area contributed by atoms with Gasteiger partial charge in [-0.1, -0.05) is 6.07 Å². The minimum absolute atomic E-state index is 0. The first-order valence-corrected chi connectivity index (χ1v) is 7.14. The summed E-state index contributed by atoms with van der Waals surface area (Å²) in [6.07, 6.45) is -0.326. The third-order valence-electron chi connectivity index (χ3n) is 3.21. The number of nitrogens with one attached hydrogen (secondary N) is 1. The molecule has 1 aromatic carbocycles. The van der Waals surface area contributed by atoms with Crippen LogP contribution in [0.2, 0.25) is 0 Å². The van der Waals surface area contributed by atoms with Crippen molar-refractivity contribution in [3.05, 3.63) is 29.8 Å². The smallest absolute Gasteiger partial charge is 0.409 e. The van der Waals surface area contributed by atoms with E-state index in [9.17, 15) is 9.59 Å². The Morgan fingerprint density at radius 2 is 1.96 bits per heavy atom. The zero-order chi connectivity index (χ0) is 15.8. The molecule has 1 amide bonds. The second-order valence-electron chi connectivity index (χ2n) is 4.72. The fourth-order valence-electron chi connectivity index (χ4n) is 2.06. The Labute approximate surface area is 141 Å². The van der Waals surface area contributed by atoms with Gasteiger partial charge in [0, 0.05) is 26.2 Å². The van der Waals surface area contributed by atoms with E-state index in [1.165, 1.54) is 7.11 Å². The Morgan fingerprint density at radius 3 is 2.65 bits per heavy atom. The van der Waals surface area contributed by atoms with E-state index in [1.807, 2.05) is 0 Å². The molecular weight excluding hydrogens is 324 g/mol. The fourth-order valence-corrected chi connectivity index (χ4v) is 2.06. The van der Waals surface area contributed by atoms with Gasteiger partial charge >= 0.3 is 12.1 Å². The Kier molecular flexibility index (Phi) is 8.21. The number of hydrogen-bond donors (Lipinski definition) is 1. The minimum atomic E-state index is -0.421. The van der Waals surface area contributed by atoms with Gasteiger partial charge in [-0.2, -0.15) is 0 Å². The molecule has 0 spiro atoms. The maximum Gasteiger partial charge on any atom is 0.409 e. The number of nitrogens with zero attached hydrogens (tertiary/aromatic N) is 1. The van der Waals surface area contributed by atoms with Gasteiger partial charge in [0.05, 0.1) is 12.7 Å². The predicted octanol–water partition coefficient (Wildman–Crippen LogP) is 1.32. The van der Waals surface area contributed by atoms with E-state index in [-0.39, 0.29) is 31.7 Å². The van der Waals surface area contributed by atoms with Crippen molar-refractivity contribution in [2.24, 2.45) is 0 Å². The van der Waals surface area contributed by atoms with Gasteiger partial charge in [0.2, 0.25) is 0 Å². The molecule has 0 bridgehead atoms. The van der Waals surface area contributed by atoms with Crippen molar-refractivity contribution in [1.29, 1.82) is 0 Å². The Bertz CT molecular complexity index is 520. The van der Waals surface area contributed by atoms with E-state index >= 15 is 0 Å². The summed E-state index contributed by atoms with van der Waals surface area (Å²) >= 11 is 0. The molecule has 7 nitrogen and oxygen atoms in total. The van der Waals surface area contributed by atoms with Crippen LogP contribution in [0, 0.1) is 0 Å². The second kappa shape index (κ2) is 9.91. The van der Waals surface area contributed by atoms with Crippen molar-refractivity contribution >= 4 is 24.5 Å². The van der Waals surface area contributed by atoms with Crippen molar-refractivity contribution in [2.45, 2.75) is 0 Å². The first-order valence-electron chi connectivity index (χ1n) is 7.14. The lowest BCUT2D eigenvalue weighted by Gasteiger charge is -2.26. The molecule has 128 valence electrons. The molecule has 1 heterocycles. The minimum Gasteiger partial charge on any atom is -0.490 e. The van der Waals surface area contributed by atoms with E-state index < -0.39 is 5.97 Å². The predicted molar refractivity (Wildman–Crippen MR) is 86.3 cm³/mol. The zero-order valence-electron chi connectivity index (χ0n) is 12.9. The van der Waals surface area contributed by atoms with Crippen molar-refractivity contribution in [3.63, 3.8) is 0 Å². The third kappa shape index (κ3) is 5.96. The monoisotopic (exact) mass is 344 g/mol. The summed E-state index contributed by atoms with van der Waals surface area (Å²) < 4.78 is 15.2. The fraction of sp³-hybridized carbons (Fsp3) is 0.467. The van der Waals surface area contributed by atoms with Gasteiger partial charge in [0.1, 0.15) is 19.0 Å². The molecule has 0 radical (unpaired) electrons. The molecular formula is C15H21ClN2O5. The number of esters is 1. The molecule has 0 saturated carbocycles. The van der Waals surface area contributed by atoms with E-state index in [1.54, 1.807) is 29.2 Å². The number of hydrogen-bond acceptors (Lipinski definition) is 6. The number of rotatable bonds is 5. The molecule has 8 heteroatoms. The van der Waals surface area contributed by atoms with E-state index in [0.717, 1.165) is 13.1 Å². The molecule has 1 N–H and O–H groups in total. The van der Waals surface area contributed by atoms with Gasteiger partial charge < -0.3 is 24.4 Å². The molecule has 23 heavy (non-hydrogen) atoms. The first-order chi connectivity index (χ1) is 10.7. The largest absolute Gasteiger partial charge is 0.490 e. The van der Waals surface area contributed by atoms with Crippen LogP contribution < -0.4 is 10.1 Å². The first kappa shape index (κ1) is 19.1. The molecule has 1 aliphatic heterocycles. The third-order valence-corrected chi connectivity index (χ3v) is 3.21. The van der Waals surface area contributed by atoms with Gasteiger partial charge in [-0.05, 0) is 18.2 Å². The Hall–Kier alpha value is -1.99. The zero-order valence-corrected chi connectivity index (χ0v) is 13.8. The highest BCUT2D eigenvalue weighted by molar-refractivity contribution is 5.89. The van der Waals surface area contributed by atoms with E-state index in [2.05, 4.69) is 10.1 Å². The normalized spacial score (nSPS) is 13.7. The SMILES string of the molecule is COC(=O)c1cccc(OCCOC(=O)N2CCNCC2)c1.Cl. The molecule has 0 aromatic heterocycles. The van der Waals surface area contributed by atoms with Crippen LogP contribution in [0.15, 0.2) is 24.3 Å². The maximum atomic E-state index is 11.8. The number of carbonyl (C=O) groups is 2. The lowest BCUT2D eigenvalue weighted by Crippen LogP contribution is -2.46. The topological polar surface area (TPSA) is 77.1 Å². The summed E-state index contributed by atoms with van der Waals surface area (Å²) in [6, 6.07) is 6.66. The number of piperazine rings is 1. The summed E-state index contributed by atoms with van der Waals surface area (Å²) in [7, 11) is 1.32. The Balaban J connectivity index is 0.00000264. The quantitative estimate of drug-likeness (QED) is 0.641. The number of amides is 1. The van der Waals surface area contributed by atoms with Gasteiger partial charge in [-0.15, -0.1) is 12.4 Å². The van der Waals surface area contributed by atoms with E-state index in [0.29, 0.717) is 24.4 Å². The van der Waals surface area contributed by atoms with Crippen molar-refractivity contribution in [3.8, 4) is 5.75 Å². The van der Waals surface area contributed by atoms with Crippen molar-refractivity contribution in [2.75, 3.05) is 46.5 Å². The summed E-state index contributed by atoms with van der Waals surface area (Å²) in [6.45, 7) is 3.26.